The quantitative estimate of drug-likeness (QED) is 0.531. The van der Waals surface area contributed by atoms with Crippen LogP contribution in [0.25, 0.3) is 0 Å². The summed E-state index contributed by atoms with van der Waals surface area (Å²) in [5.41, 5.74) is -1.44. The summed E-state index contributed by atoms with van der Waals surface area (Å²) in [6, 6.07) is 0. The first kappa shape index (κ1) is 19.9. The first-order chi connectivity index (χ1) is 13.1. The Kier molecular flexibility index (Phi) is 4.49. The summed E-state index contributed by atoms with van der Waals surface area (Å²) in [5.74, 6) is 2.57. The van der Waals surface area contributed by atoms with E-state index >= 15 is 0 Å². The molecule has 4 rings (SSSR count). The minimum Gasteiger partial charge on any atom is -0.458 e. The minimum absolute atomic E-state index is 0.130. The van der Waals surface area contributed by atoms with Crippen LogP contribution in [0.3, 0.4) is 0 Å². The summed E-state index contributed by atoms with van der Waals surface area (Å²) >= 11 is 0. The molecule has 3 saturated carbocycles. The van der Waals surface area contributed by atoms with Crippen LogP contribution in [0, 0.1) is 40.9 Å². The lowest BCUT2D eigenvalue weighted by Crippen LogP contribution is -2.56. The van der Waals surface area contributed by atoms with E-state index in [1.54, 1.807) is 0 Å². The van der Waals surface area contributed by atoms with Crippen LogP contribution in [0.5, 0.6) is 0 Å². The highest BCUT2D eigenvalue weighted by Gasteiger charge is 2.68. The second-order valence-corrected chi connectivity index (χ2v) is 9.91. The fraction of sp³-hybridized carbons (Fsp3) is 0.783. The first-order valence-corrected chi connectivity index (χ1v) is 10.5. The van der Waals surface area contributed by atoms with Crippen molar-refractivity contribution in [1.29, 1.82) is 0 Å². The summed E-state index contributed by atoms with van der Waals surface area (Å²) in [7, 11) is 0. The SMILES string of the molecule is C#C[C@]1(O)[C@H](OC(C)=O)C[C@H]2[C@@H]3CCC4=C(F)[C@H](O)CC[C@]4(C)[C@H]3CC[C@@]21C. The molecule has 0 saturated heterocycles. The zero-order valence-electron chi connectivity index (χ0n) is 17.0. The van der Waals surface area contributed by atoms with E-state index in [-0.39, 0.29) is 17.2 Å². The third-order valence-corrected chi connectivity index (χ3v) is 8.91. The zero-order valence-corrected chi connectivity index (χ0v) is 17.0. The van der Waals surface area contributed by atoms with Crippen LogP contribution < -0.4 is 0 Å². The molecular weight excluding hydrogens is 359 g/mol. The smallest absolute Gasteiger partial charge is 0.303 e. The molecule has 4 nitrogen and oxygen atoms in total. The number of hydrogen-bond acceptors (Lipinski definition) is 4. The maximum absolute atomic E-state index is 14.7. The van der Waals surface area contributed by atoms with E-state index < -0.39 is 29.2 Å². The Hall–Kier alpha value is -1.38. The standard InChI is InChI=1S/C23H31FO4/c1-5-23(27)19(28-13(2)25)12-17-14-6-7-16-20(24)18(26)9-10-21(16,3)15(14)8-11-22(17,23)4/h1,14-15,17-19,26-27H,6-12H2,2-4H3/t14-,15+,17+,18-,19-,21-,22+,23+/m1/s1. The maximum Gasteiger partial charge on any atom is 0.303 e. The van der Waals surface area contributed by atoms with Crippen molar-refractivity contribution in [2.45, 2.75) is 83.5 Å². The topological polar surface area (TPSA) is 66.8 Å². The van der Waals surface area contributed by atoms with Crippen molar-refractivity contribution in [2.75, 3.05) is 0 Å². The lowest BCUT2D eigenvalue weighted by Gasteiger charge is -2.58. The van der Waals surface area contributed by atoms with Crippen LogP contribution in [0.15, 0.2) is 11.4 Å². The number of rotatable bonds is 1. The molecule has 0 heterocycles. The molecule has 0 aromatic heterocycles. The molecule has 5 heteroatoms. The van der Waals surface area contributed by atoms with Gasteiger partial charge in [0.2, 0.25) is 0 Å². The summed E-state index contributed by atoms with van der Waals surface area (Å²) in [6.07, 6.45) is 8.98. The lowest BCUT2D eigenvalue weighted by atomic mass is 9.46. The number of halogens is 1. The van der Waals surface area contributed by atoms with Crippen molar-refractivity contribution in [3.63, 3.8) is 0 Å². The molecule has 2 N–H and O–H groups in total. The number of aliphatic hydroxyl groups is 2. The molecule has 0 bridgehead atoms. The Morgan fingerprint density at radius 3 is 2.61 bits per heavy atom. The molecule has 154 valence electrons. The number of terminal acetylenes is 1. The third-order valence-electron chi connectivity index (χ3n) is 8.91. The van der Waals surface area contributed by atoms with Gasteiger partial charge in [-0.15, -0.1) is 6.42 Å². The van der Waals surface area contributed by atoms with Gasteiger partial charge in [0, 0.05) is 12.3 Å². The van der Waals surface area contributed by atoms with Crippen molar-refractivity contribution < 1.29 is 24.1 Å². The van der Waals surface area contributed by atoms with Crippen molar-refractivity contribution >= 4 is 5.97 Å². The van der Waals surface area contributed by atoms with E-state index in [0.29, 0.717) is 31.1 Å². The van der Waals surface area contributed by atoms with E-state index in [0.717, 1.165) is 31.3 Å². The Labute approximate surface area is 166 Å². The van der Waals surface area contributed by atoms with Crippen LogP contribution in [0.1, 0.15) is 65.7 Å². The number of ether oxygens (including phenoxy) is 1. The predicted molar refractivity (Wildman–Crippen MR) is 102 cm³/mol. The average molecular weight is 390 g/mol. The van der Waals surface area contributed by atoms with E-state index in [1.165, 1.54) is 6.92 Å². The molecule has 0 unspecified atom stereocenters. The average Bonchev–Trinajstić information content (AvgIpc) is 2.86. The molecule has 0 amide bonds. The number of fused-ring (bicyclic) bond motifs is 5. The first-order valence-electron chi connectivity index (χ1n) is 10.5. The molecule has 0 spiro atoms. The molecule has 8 atom stereocenters. The van der Waals surface area contributed by atoms with Crippen LogP contribution in [-0.4, -0.2) is 34.0 Å². The van der Waals surface area contributed by atoms with E-state index in [2.05, 4.69) is 12.8 Å². The number of carbonyl (C=O) groups excluding carboxylic acids is 1. The fourth-order valence-corrected chi connectivity index (χ4v) is 7.38. The number of allylic oxidation sites excluding steroid dienone is 1. The van der Waals surface area contributed by atoms with Crippen LogP contribution >= 0.6 is 0 Å². The van der Waals surface area contributed by atoms with Gasteiger partial charge in [-0.1, -0.05) is 19.8 Å². The maximum atomic E-state index is 14.7. The number of esters is 1. The van der Waals surface area contributed by atoms with Crippen molar-refractivity contribution in [2.24, 2.45) is 28.6 Å². The molecule has 0 radical (unpaired) electrons. The zero-order chi connectivity index (χ0) is 20.5. The number of carbonyl (C=O) groups is 1. The van der Waals surface area contributed by atoms with Gasteiger partial charge in [-0.25, -0.2) is 4.39 Å². The van der Waals surface area contributed by atoms with Crippen molar-refractivity contribution in [1.82, 2.24) is 0 Å². The molecular formula is C23H31FO4. The molecule has 4 aliphatic rings. The van der Waals surface area contributed by atoms with Gasteiger partial charge in [-0.3, -0.25) is 4.79 Å². The second-order valence-electron chi connectivity index (χ2n) is 9.91. The van der Waals surface area contributed by atoms with Gasteiger partial charge in [0.1, 0.15) is 18.0 Å². The molecule has 28 heavy (non-hydrogen) atoms. The van der Waals surface area contributed by atoms with Gasteiger partial charge in [-0.2, -0.15) is 0 Å². The van der Waals surface area contributed by atoms with Gasteiger partial charge in [0.25, 0.3) is 0 Å². The van der Waals surface area contributed by atoms with Crippen molar-refractivity contribution in [3.05, 3.63) is 11.4 Å². The van der Waals surface area contributed by atoms with Crippen LogP contribution in [-0.2, 0) is 9.53 Å². The molecule has 3 fully saturated rings. The highest BCUT2D eigenvalue weighted by molar-refractivity contribution is 5.66. The van der Waals surface area contributed by atoms with Gasteiger partial charge < -0.3 is 14.9 Å². The van der Waals surface area contributed by atoms with Crippen LogP contribution in [0.2, 0.25) is 0 Å². The normalized spacial score (nSPS) is 50.2. The summed E-state index contributed by atoms with van der Waals surface area (Å²) in [6.45, 7) is 5.54. The van der Waals surface area contributed by atoms with Gasteiger partial charge in [-0.05, 0) is 73.7 Å². The van der Waals surface area contributed by atoms with E-state index in [4.69, 9.17) is 11.2 Å². The summed E-state index contributed by atoms with van der Waals surface area (Å²) < 4.78 is 20.2. The predicted octanol–water partition coefficient (Wildman–Crippen LogP) is 3.51. The largest absolute Gasteiger partial charge is 0.458 e. The fourth-order valence-electron chi connectivity index (χ4n) is 7.38. The minimum atomic E-state index is -1.47. The summed E-state index contributed by atoms with van der Waals surface area (Å²) in [5, 5.41) is 21.4. The van der Waals surface area contributed by atoms with Gasteiger partial charge in [0.05, 0.1) is 0 Å². The van der Waals surface area contributed by atoms with E-state index in [1.807, 2.05) is 6.92 Å². The van der Waals surface area contributed by atoms with Gasteiger partial charge >= 0.3 is 5.97 Å². The Morgan fingerprint density at radius 1 is 1.25 bits per heavy atom. The molecule has 0 aromatic rings. The number of hydrogen-bond donors (Lipinski definition) is 2. The molecule has 0 aliphatic heterocycles. The second kappa shape index (κ2) is 6.31. The third kappa shape index (κ3) is 2.40. The Bertz CT molecular complexity index is 769. The van der Waals surface area contributed by atoms with Crippen LogP contribution in [0.4, 0.5) is 4.39 Å². The molecule has 4 aliphatic carbocycles. The van der Waals surface area contributed by atoms with Crippen molar-refractivity contribution in [3.8, 4) is 12.3 Å². The lowest BCUT2D eigenvalue weighted by molar-refractivity contribution is -0.163. The number of aliphatic hydroxyl groups excluding tert-OH is 1. The van der Waals surface area contributed by atoms with Gasteiger partial charge in [0.15, 0.2) is 5.60 Å². The summed E-state index contributed by atoms with van der Waals surface area (Å²) in [4.78, 5) is 11.6. The highest BCUT2D eigenvalue weighted by Crippen LogP contribution is 2.68. The monoisotopic (exact) mass is 390 g/mol. The van der Waals surface area contributed by atoms with E-state index in [9.17, 15) is 19.4 Å². The Morgan fingerprint density at radius 2 is 1.96 bits per heavy atom. The molecule has 0 aromatic carbocycles. The highest BCUT2D eigenvalue weighted by atomic mass is 19.1. The Balaban J connectivity index is 1.71.